The maximum atomic E-state index is 8.69. The van der Waals surface area contributed by atoms with Gasteiger partial charge in [0, 0.05) is 32.3 Å². The molecule has 13 heavy (non-hydrogen) atoms. The molecule has 1 heterocycles. The summed E-state index contributed by atoms with van der Waals surface area (Å²) in [5, 5.41) is 8.69. The smallest absolute Gasteiger partial charge is 0.0850 e. The van der Waals surface area contributed by atoms with Gasteiger partial charge in [-0.25, -0.2) is 0 Å². The van der Waals surface area contributed by atoms with Crippen LogP contribution in [-0.4, -0.2) is 55.0 Å². The molecular weight excluding hydrogens is 168 g/mol. The van der Waals surface area contributed by atoms with E-state index in [9.17, 15) is 0 Å². The summed E-state index contributed by atoms with van der Waals surface area (Å²) in [6.07, 6.45) is 0.999. The molecule has 78 valence electrons. The lowest BCUT2D eigenvalue weighted by Crippen LogP contribution is -2.49. The molecule has 0 saturated carbocycles. The Balaban J connectivity index is 2.25. The Morgan fingerprint density at radius 2 is 2.46 bits per heavy atom. The highest BCUT2D eigenvalue weighted by molar-refractivity contribution is 4.77. The predicted octanol–water partition coefficient (Wildman–Crippen LogP) is -0.583. The largest absolute Gasteiger partial charge is 0.396 e. The highest BCUT2D eigenvalue weighted by atomic mass is 16.5. The van der Waals surface area contributed by atoms with Crippen LogP contribution in [0.3, 0.4) is 0 Å². The Morgan fingerprint density at radius 3 is 3.08 bits per heavy atom. The van der Waals surface area contributed by atoms with Gasteiger partial charge in [0.1, 0.15) is 0 Å². The van der Waals surface area contributed by atoms with Crippen LogP contribution in [0.15, 0.2) is 0 Å². The van der Waals surface area contributed by atoms with Crippen LogP contribution in [0.2, 0.25) is 0 Å². The second-order valence-electron chi connectivity index (χ2n) is 3.65. The van der Waals surface area contributed by atoms with E-state index in [1.165, 1.54) is 0 Å². The number of rotatable bonds is 4. The van der Waals surface area contributed by atoms with Crippen LogP contribution in [0.1, 0.15) is 13.3 Å². The number of nitrogens with zero attached hydrogens (tertiary/aromatic N) is 1. The van der Waals surface area contributed by atoms with Gasteiger partial charge in [-0.15, -0.1) is 0 Å². The Kier molecular flexibility index (Phi) is 4.66. The average Bonchev–Trinajstić information content (AvgIpc) is 2.15. The fourth-order valence-corrected chi connectivity index (χ4v) is 1.55. The lowest BCUT2D eigenvalue weighted by atomic mass is 10.1. The summed E-state index contributed by atoms with van der Waals surface area (Å²) in [6, 6.07) is 0.0944. The van der Waals surface area contributed by atoms with Crippen molar-refractivity contribution in [1.29, 1.82) is 0 Å². The van der Waals surface area contributed by atoms with Gasteiger partial charge in [-0.2, -0.15) is 0 Å². The lowest BCUT2D eigenvalue weighted by molar-refractivity contribution is -0.0387. The predicted molar refractivity (Wildman–Crippen MR) is 51.5 cm³/mol. The van der Waals surface area contributed by atoms with Gasteiger partial charge in [0.05, 0.1) is 12.7 Å². The second-order valence-corrected chi connectivity index (χ2v) is 3.65. The molecule has 0 aromatic rings. The third-order valence-corrected chi connectivity index (χ3v) is 2.40. The Hall–Kier alpha value is -0.160. The van der Waals surface area contributed by atoms with E-state index < -0.39 is 0 Å². The highest BCUT2D eigenvalue weighted by Crippen LogP contribution is 2.07. The van der Waals surface area contributed by atoms with Gasteiger partial charge in [0.2, 0.25) is 0 Å². The first kappa shape index (κ1) is 10.9. The molecule has 4 nitrogen and oxygen atoms in total. The van der Waals surface area contributed by atoms with Crippen LogP contribution in [-0.2, 0) is 4.74 Å². The SMILES string of the molecule is CC(N)C1CN(CCCO)CCO1. The molecule has 0 aromatic carbocycles. The first-order valence-electron chi connectivity index (χ1n) is 4.94. The fraction of sp³-hybridized carbons (Fsp3) is 1.00. The van der Waals surface area contributed by atoms with Crippen molar-refractivity contribution in [3.05, 3.63) is 0 Å². The van der Waals surface area contributed by atoms with Crippen molar-refractivity contribution in [2.45, 2.75) is 25.5 Å². The zero-order chi connectivity index (χ0) is 9.68. The van der Waals surface area contributed by atoms with Crippen molar-refractivity contribution in [2.75, 3.05) is 32.8 Å². The maximum absolute atomic E-state index is 8.69. The number of ether oxygens (including phenoxy) is 1. The van der Waals surface area contributed by atoms with E-state index in [1.807, 2.05) is 6.92 Å². The zero-order valence-corrected chi connectivity index (χ0v) is 8.28. The minimum absolute atomic E-state index is 0.0944. The molecule has 0 bridgehead atoms. The van der Waals surface area contributed by atoms with E-state index in [-0.39, 0.29) is 18.8 Å². The molecule has 3 N–H and O–H groups in total. The third kappa shape index (κ3) is 3.60. The van der Waals surface area contributed by atoms with Crippen molar-refractivity contribution in [1.82, 2.24) is 4.90 Å². The lowest BCUT2D eigenvalue weighted by Gasteiger charge is -2.34. The molecule has 1 saturated heterocycles. The Labute approximate surface area is 79.7 Å². The summed E-state index contributed by atoms with van der Waals surface area (Å²) in [6.45, 7) is 5.81. The first-order chi connectivity index (χ1) is 6.24. The number of hydrogen-bond donors (Lipinski definition) is 2. The molecule has 0 amide bonds. The Bertz CT molecular complexity index is 142. The third-order valence-electron chi connectivity index (χ3n) is 2.40. The standard InChI is InChI=1S/C9H20N2O2/c1-8(10)9-7-11(3-2-5-12)4-6-13-9/h8-9,12H,2-7,10H2,1H3. The van der Waals surface area contributed by atoms with Crippen LogP contribution in [0, 0.1) is 0 Å². The van der Waals surface area contributed by atoms with Crippen molar-refractivity contribution < 1.29 is 9.84 Å². The highest BCUT2D eigenvalue weighted by Gasteiger charge is 2.22. The molecule has 2 atom stereocenters. The van der Waals surface area contributed by atoms with Gasteiger partial charge in [-0.1, -0.05) is 0 Å². The van der Waals surface area contributed by atoms with Crippen molar-refractivity contribution in [2.24, 2.45) is 5.73 Å². The minimum Gasteiger partial charge on any atom is -0.396 e. The number of hydrogen-bond acceptors (Lipinski definition) is 4. The summed E-state index contributed by atoms with van der Waals surface area (Å²) in [5.41, 5.74) is 5.76. The molecule has 0 aromatic heterocycles. The van der Waals surface area contributed by atoms with E-state index in [2.05, 4.69) is 4.90 Å². The molecule has 0 spiro atoms. The van der Waals surface area contributed by atoms with E-state index in [4.69, 9.17) is 15.6 Å². The topological polar surface area (TPSA) is 58.7 Å². The van der Waals surface area contributed by atoms with Crippen molar-refractivity contribution in [3.8, 4) is 0 Å². The molecule has 0 aliphatic carbocycles. The molecule has 1 rings (SSSR count). The van der Waals surface area contributed by atoms with E-state index >= 15 is 0 Å². The molecule has 1 fully saturated rings. The summed E-state index contributed by atoms with van der Waals surface area (Å²) < 4.78 is 5.52. The van der Waals surface area contributed by atoms with Crippen LogP contribution in [0.5, 0.6) is 0 Å². The summed E-state index contributed by atoms with van der Waals surface area (Å²) >= 11 is 0. The van der Waals surface area contributed by atoms with Crippen LogP contribution < -0.4 is 5.73 Å². The normalized spacial score (nSPS) is 27.5. The maximum Gasteiger partial charge on any atom is 0.0850 e. The van der Waals surface area contributed by atoms with Crippen LogP contribution >= 0.6 is 0 Å². The number of aliphatic hydroxyl groups is 1. The summed E-state index contributed by atoms with van der Waals surface area (Å²) in [5.74, 6) is 0. The first-order valence-corrected chi connectivity index (χ1v) is 4.94. The molecular formula is C9H20N2O2. The summed E-state index contributed by atoms with van der Waals surface area (Å²) in [7, 11) is 0. The van der Waals surface area contributed by atoms with Gasteiger partial charge in [0.15, 0.2) is 0 Å². The van der Waals surface area contributed by atoms with Crippen LogP contribution in [0.25, 0.3) is 0 Å². The molecule has 1 aliphatic rings. The fourth-order valence-electron chi connectivity index (χ4n) is 1.55. The van der Waals surface area contributed by atoms with E-state index in [0.29, 0.717) is 0 Å². The Morgan fingerprint density at radius 1 is 1.69 bits per heavy atom. The van der Waals surface area contributed by atoms with Gasteiger partial charge in [-0.05, 0) is 13.3 Å². The number of aliphatic hydroxyl groups excluding tert-OH is 1. The van der Waals surface area contributed by atoms with Gasteiger partial charge >= 0.3 is 0 Å². The van der Waals surface area contributed by atoms with Crippen molar-refractivity contribution in [3.63, 3.8) is 0 Å². The van der Waals surface area contributed by atoms with Gasteiger partial charge < -0.3 is 15.6 Å². The summed E-state index contributed by atoms with van der Waals surface area (Å²) in [4.78, 5) is 2.30. The molecule has 2 unspecified atom stereocenters. The van der Waals surface area contributed by atoms with Gasteiger partial charge in [-0.3, -0.25) is 4.90 Å². The quantitative estimate of drug-likeness (QED) is 0.619. The zero-order valence-electron chi connectivity index (χ0n) is 8.28. The number of morpholine rings is 1. The van der Waals surface area contributed by atoms with E-state index in [1.54, 1.807) is 0 Å². The van der Waals surface area contributed by atoms with E-state index in [0.717, 1.165) is 32.7 Å². The average molecular weight is 188 g/mol. The van der Waals surface area contributed by atoms with Crippen LogP contribution in [0.4, 0.5) is 0 Å². The minimum atomic E-state index is 0.0944. The molecule has 0 radical (unpaired) electrons. The monoisotopic (exact) mass is 188 g/mol. The number of nitrogens with two attached hydrogens (primary N) is 1. The molecule has 4 heteroatoms. The van der Waals surface area contributed by atoms with Gasteiger partial charge in [0.25, 0.3) is 0 Å². The second kappa shape index (κ2) is 5.54. The van der Waals surface area contributed by atoms with Crippen molar-refractivity contribution >= 4 is 0 Å². The molecule has 1 aliphatic heterocycles.